The lowest BCUT2D eigenvalue weighted by Gasteiger charge is -2.56. The van der Waals surface area contributed by atoms with Gasteiger partial charge >= 0.3 is 6.03 Å². The summed E-state index contributed by atoms with van der Waals surface area (Å²) in [7, 11) is 0. The number of hydrogen-bond donors (Lipinski definition) is 2. The number of nitrogens with one attached hydrogen (secondary N) is 2. The average molecular weight is 364 g/mol. The Kier molecular flexibility index (Phi) is 3.99. The van der Waals surface area contributed by atoms with E-state index in [9.17, 15) is 4.79 Å². The lowest BCUT2D eigenvalue weighted by Crippen LogP contribution is -2.60. The van der Waals surface area contributed by atoms with Gasteiger partial charge in [-0.25, -0.2) is 4.79 Å². The molecule has 4 aliphatic rings. The second-order valence-electron chi connectivity index (χ2n) is 9.10. The van der Waals surface area contributed by atoms with Crippen molar-refractivity contribution in [2.45, 2.75) is 57.5 Å². The maximum atomic E-state index is 12.6. The van der Waals surface area contributed by atoms with E-state index in [4.69, 9.17) is 0 Å². The van der Waals surface area contributed by atoms with Crippen LogP contribution in [0.3, 0.4) is 0 Å². The molecule has 1 aromatic carbocycles. The number of benzene rings is 1. The molecule has 2 N–H and O–H groups in total. The van der Waals surface area contributed by atoms with E-state index >= 15 is 0 Å². The van der Waals surface area contributed by atoms with E-state index in [2.05, 4.69) is 34.8 Å². The van der Waals surface area contributed by atoms with Gasteiger partial charge in [-0.3, -0.25) is 10.00 Å². The van der Waals surface area contributed by atoms with Crippen LogP contribution in [0.15, 0.2) is 36.5 Å². The summed E-state index contributed by atoms with van der Waals surface area (Å²) in [5.74, 6) is 3.09. The molecule has 5 nitrogen and oxygen atoms in total. The molecule has 1 heterocycles. The van der Waals surface area contributed by atoms with E-state index < -0.39 is 0 Å². The van der Waals surface area contributed by atoms with Crippen molar-refractivity contribution in [2.75, 3.05) is 5.32 Å². The van der Waals surface area contributed by atoms with Crippen molar-refractivity contribution in [1.82, 2.24) is 15.1 Å². The van der Waals surface area contributed by atoms with Crippen molar-refractivity contribution in [3.8, 4) is 0 Å². The van der Waals surface area contributed by atoms with E-state index in [1.165, 1.54) is 30.4 Å². The summed E-state index contributed by atoms with van der Waals surface area (Å²) in [6.07, 6.45) is 9.55. The molecule has 0 radical (unpaired) electrons. The van der Waals surface area contributed by atoms with Gasteiger partial charge in [0, 0.05) is 17.8 Å². The van der Waals surface area contributed by atoms with Crippen LogP contribution in [0.25, 0.3) is 0 Å². The fraction of sp³-hybridized carbons (Fsp3) is 0.545. The first kappa shape index (κ1) is 16.8. The number of amides is 2. The van der Waals surface area contributed by atoms with Crippen molar-refractivity contribution in [3.05, 3.63) is 47.7 Å². The second-order valence-corrected chi connectivity index (χ2v) is 9.10. The predicted molar refractivity (Wildman–Crippen MR) is 106 cm³/mol. The molecule has 0 saturated heterocycles. The van der Waals surface area contributed by atoms with Crippen molar-refractivity contribution in [1.29, 1.82) is 0 Å². The fourth-order valence-corrected chi connectivity index (χ4v) is 6.13. The van der Waals surface area contributed by atoms with Crippen LogP contribution < -0.4 is 10.6 Å². The summed E-state index contributed by atoms with van der Waals surface area (Å²) in [4.78, 5) is 12.6. The van der Waals surface area contributed by atoms with Crippen LogP contribution in [0.2, 0.25) is 0 Å². The number of carbonyl (C=O) groups is 1. The molecule has 5 heteroatoms. The normalized spacial score (nSPS) is 31.1. The molecule has 27 heavy (non-hydrogen) atoms. The van der Waals surface area contributed by atoms with E-state index in [0.717, 1.165) is 37.0 Å². The van der Waals surface area contributed by atoms with Gasteiger partial charge in [0.1, 0.15) is 0 Å². The van der Waals surface area contributed by atoms with Gasteiger partial charge in [-0.2, -0.15) is 5.10 Å². The number of aromatic nitrogens is 2. The first-order valence-electron chi connectivity index (χ1n) is 10.2. The van der Waals surface area contributed by atoms with Crippen LogP contribution in [-0.4, -0.2) is 21.4 Å². The minimum absolute atomic E-state index is 0.0303. The Morgan fingerprint density at radius 3 is 2.44 bits per heavy atom. The van der Waals surface area contributed by atoms with E-state index in [1.54, 1.807) is 0 Å². The molecule has 0 unspecified atom stereocenters. The number of carbonyl (C=O) groups excluding carboxylic acids is 1. The molecule has 4 bridgehead atoms. The Morgan fingerprint density at radius 1 is 1.11 bits per heavy atom. The first-order valence-corrected chi connectivity index (χ1v) is 10.2. The quantitative estimate of drug-likeness (QED) is 0.848. The monoisotopic (exact) mass is 364 g/mol. The number of anilines is 1. The van der Waals surface area contributed by atoms with Gasteiger partial charge in [0.2, 0.25) is 0 Å². The highest BCUT2D eigenvalue weighted by Gasteiger charge is 2.51. The zero-order chi connectivity index (χ0) is 18.4. The van der Waals surface area contributed by atoms with Crippen molar-refractivity contribution in [2.24, 2.45) is 17.8 Å². The standard InChI is InChI=1S/C22H28N4O/c1-15-4-2-3-5-19(15)14-26-7-6-20(25-26)23-21(27)24-22-11-16-8-17(12-22)10-18(9-16)13-22/h2-7,16-18H,8-14H2,1H3,(H2,23,24,25,27). The summed E-state index contributed by atoms with van der Waals surface area (Å²) in [6.45, 7) is 2.82. The van der Waals surface area contributed by atoms with Gasteiger partial charge in [0.25, 0.3) is 0 Å². The van der Waals surface area contributed by atoms with Crippen LogP contribution in [-0.2, 0) is 6.54 Å². The second kappa shape index (κ2) is 6.39. The van der Waals surface area contributed by atoms with Gasteiger partial charge in [0.05, 0.1) is 6.54 Å². The highest BCUT2D eigenvalue weighted by atomic mass is 16.2. The number of hydrogen-bond acceptors (Lipinski definition) is 2. The number of nitrogens with zero attached hydrogens (tertiary/aromatic N) is 2. The Labute approximate surface area is 160 Å². The van der Waals surface area contributed by atoms with Gasteiger partial charge in [-0.15, -0.1) is 0 Å². The Bertz CT molecular complexity index is 820. The fourth-order valence-electron chi connectivity index (χ4n) is 6.13. The zero-order valence-electron chi connectivity index (χ0n) is 15.9. The molecular weight excluding hydrogens is 336 g/mol. The largest absolute Gasteiger partial charge is 0.332 e. The maximum absolute atomic E-state index is 12.6. The third kappa shape index (κ3) is 3.35. The summed E-state index contributed by atoms with van der Waals surface area (Å²) in [5.41, 5.74) is 2.52. The van der Waals surface area contributed by atoms with Gasteiger partial charge in [0.15, 0.2) is 5.82 Å². The van der Waals surface area contributed by atoms with Crippen LogP contribution in [0.5, 0.6) is 0 Å². The molecule has 6 rings (SSSR count). The third-order valence-corrected chi connectivity index (χ3v) is 6.89. The topological polar surface area (TPSA) is 59.0 Å². The van der Waals surface area contributed by atoms with Crippen LogP contribution in [0, 0.1) is 24.7 Å². The SMILES string of the molecule is Cc1ccccc1Cn1ccc(NC(=O)NC23CC4CC(CC(C4)C2)C3)n1. The summed E-state index contributed by atoms with van der Waals surface area (Å²) in [5, 5.41) is 10.8. The molecule has 4 saturated carbocycles. The minimum Gasteiger partial charge on any atom is -0.332 e. The molecule has 0 aliphatic heterocycles. The molecule has 0 spiro atoms. The summed E-state index contributed by atoms with van der Waals surface area (Å²) in [6, 6.07) is 10.1. The van der Waals surface area contributed by atoms with Gasteiger partial charge in [-0.05, 0) is 74.3 Å². The number of aryl methyl sites for hydroxylation is 1. The highest BCUT2D eigenvalue weighted by Crippen LogP contribution is 2.55. The average Bonchev–Trinajstić information content (AvgIpc) is 3.02. The lowest BCUT2D eigenvalue weighted by atomic mass is 9.53. The van der Waals surface area contributed by atoms with Crippen molar-refractivity contribution < 1.29 is 4.79 Å². The molecule has 2 aromatic rings. The Morgan fingerprint density at radius 2 is 1.78 bits per heavy atom. The highest BCUT2D eigenvalue weighted by molar-refractivity contribution is 5.88. The molecular formula is C22H28N4O. The summed E-state index contributed by atoms with van der Waals surface area (Å²) < 4.78 is 1.88. The smallest absolute Gasteiger partial charge is 0.320 e. The van der Waals surface area contributed by atoms with E-state index in [-0.39, 0.29) is 11.6 Å². The van der Waals surface area contributed by atoms with E-state index in [1.807, 2.05) is 29.1 Å². The molecule has 2 amide bonds. The molecule has 142 valence electrons. The Hall–Kier alpha value is -2.30. The van der Waals surface area contributed by atoms with Gasteiger partial charge in [-0.1, -0.05) is 24.3 Å². The number of rotatable bonds is 4. The lowest BCUT2D eigenvalue weighted by molar-refractivity contribution is -0.0127. The van der Waals surface area contributed by atoms with Gasteiger partial charge < -0.3 is 5.32 Å². The van der Waals surface area contributed by atoms with Crippen molar-refractivity contribution >= 4 is 11.8 Å². The third-order valence-electron chi connectivity index (χ3n) is 6.89. The zero-order valence-corrected chi connectivity index (χ0v) is 15.9. The van der Waals surface area contributed by atoms with E-state index in [0.29, 0.717) is 12.4 Å². The maximum Gasteiger partial charge on any atom is 0.320 e. The molecule has 1 aromatic heterocycles. The van der Waals surface area contributed by atoms with Crippen molar-refractivity contribution in [3.63, 3.8) is 0 Å². The summed E-state index contributed by atoms with van der Waals surface area (Å²) >= 11 is 0. The molecule has 4 aliphatic carbocycles. The number of urea groups is 1. The molecule has 4 fully saturated rings. The van der Waals surface area contributed by atoms with Crippen LogP contribution in [0.1, 0.15) is 49.7 Å². The van der Waals surface area contributed by atoms with Crippen LogP contribution >= 0.6 is 0 Å². The first-order chi connectivity index (χ1) is 13.1. The predicted octanol–water partition coefficient (Wildman–Crippen LogP) is 4.33. The Balaban J connectivity index is 1.22. The molecule has 0 atom stereocenters. The van der Waals surface area contributed by atoms with Crippen LogP contribution in [0.4, 0.5) is 10.6 Å². The minimum atomic E-state index is -0.0990.